The van der Waals surface area contributed by atoms with Crippen LogP contribution in [-0.4, -0.2) is 29.6 Å². The molecule has 1 aromatic carbocycles. The van der Waals surface area contributed by atoms with Crippen molar-refractivity contribution in [2.24, 2.45) is 11.0 Å². The summed E-state index contributed by atoms with van der Waals surface area (Å²) in [6, 6.07) is 7.88. The molecule has 1 atom stereocenters. The topological polar surface area (TPSA) is 44.7 Å². The number of amides is 1. The largest absolute Gasteiger partial charge is 0.293 e. The Kier molecular flexibility index (Phi) is 3.06. The van der Waals surface area contributed by atoms with E-state index in [4.69, 9.17) is 11.6 Å². The van der Waals surface area contributed by atoms with Crippen LogP contribution in [-0.2, 0) is 11.3 Å². The second-order valence-electron chi connectivity index (χ2n) is 4.76. The van der Waals surface area contributed by atoms with E-state index >= 15 is 0 Å². The van der Waals surface area contributed by atoms with Gasteiger partial charge in [-0.15, -0.1) is 0 Å². The molecule has 2 aliphatic rings. The van der Waals surface area contributed by atoms with Gasteiger partial charge in [0.05, 0.1) is 11.6 Å². The van der Waals surface area contributed by atoms with Crippen LogP contribution in [0, 0.1) is 5.92 Å². The van der Waals surface area contributed by atoms with Gasteiger partial charge in [-0.05, 0) is 24.1 Å². The van der Waals surface area contributed by atoms with E-state index in [1.165, 1.54) is 5.56 Å². The molecule has 0 aromatic heterocycles. The van der Waals surface area contributed by atoms with Gasteiger partial charge in [-0.2, -0.15) is 5.10 Å². The molecule has 3 rings (SSSR count). The van der Waals surface area contributed by atoms with Crippen LogP contribution in [0.3, 0.4) is 0 Å². The van der Waals surface area contributed by atoms with Crippen molar-refractivity contribution in [2.45, 2.75) is 13.0 Å². The van der Waals surface area contributed by atoms with E-state index < -0.39 is 0 Å². The maximum atomic E-state index is 11.5. The number of hydrogen-bond donors (Lipinski definition) is 1. The van der Waals surface area contributed by atoms with Crippen molar-refractivity contribution in [3.05, 3.63) is 34.9 Å². The Balaban J connectivity index is 1.67. The molecule has 4 nitrogen and oxygen atoms in total. The fraction of sp³-hybridized carbons (Fsp3) is 0.385. The van der Waals surface area contributed by atoms with Crippen LogP contribution in [0.1, 0.15) is 12.0 Å². The SMILES string of the molecule is O=C1NN=C2CN(Cc3cccc(Cl)c3)CCC12. The highest BCUT2D eigenvalue weighted by atomic mass is 35.5. The monoisotopic (exact) mass is 263 g/mol. The molecule has 0 spiro atoms. The van der Waals surface area contributed by atoms with Crippen LogP contribution >= 0.6 is 11.6 Å². The van der Waals surface area contributed by atoms with Crippen LogP contribution in [0.25, 0.3) is 0 Å². The van der Waals surface area contributed by atoms with Crippen LogP contribution in [0.4, 0.5) is 0 Å². The van der Waals surface area contributed by atoms with Crippen LogP contribution in [0.2, 0.25) is 5.02 Å². The zero-order valence-corrected chi connectivity index (χ0v) is 10.7. The molecule has 1 unspecified atom stereocenters. The van der Waals surface area contributed by atoms with E-state index in [-0.39, 0.29) is 11.8 Å². The Morgan fingerprint density at radius 1 is 1.50 bits per heavy atom. The number of hydrazone groups is 1. The van der Waals surface area contributed by atoms with Gasteiger partial charge in [0.25, 0.3) is 0 Å². The minimum absolute atomic E-state index is 0.000566. The Hall–Kier alpha value is -1.39. The molecular formula is C13H14ClN3O. The molecule has 1 N–H and O–H groups in total. The van der Waals surface area contributed by atoms with Gasteiger partial charge in [0.2, 0.25) is 5.91 Å². The lowest BCUT2D eigenvalue weighted by Crippen LogP contribution is -2.41. The zero-order valence-electron chi connectivity index (χ0n) is 9.90. The highest BCUT2D eigenvalue weighted by Crippen LogP contribution is 2.21. The summed E-state index contributed by atoms with van der Waals surface area (Å²) in [4.78, 5) is 13.7. The summed E-state index contributed by atoms with van der Waals surface area (Å²) in [6.07, 6.45) is 0.852. The normalized spacial score (nSPS) is 23.5. The molecule has 2 aliphatic heterocycles. The molecule has 1 aromatic rings. The number of benzene rings is 1. The van der Waals surface area contributed by atoms with E-state index in [1.807, 2.05) is 18.2 Å². The minimum Gasteiger partial charge on any atom is -0.293 e. The van der Waals surface area contributed by atoms with Crippen LogP contribution < -0.4 is 5.43 Å². The predicted octanol–water partition coefficient (Wildman–Crippen LogP) is 1.65. The number of carbonyl (C=O) groups is 1. The van der Waals surface area contributed by atoms with Crippen molar-refractivity contribution in [1.29, 1.82) is 0 Å². The molecule has 5 heteroatoms. The summed E-state index contributed by atoms with van der Waals surface area (Å²) < 4.78 is 0. The Morgan fingerprint density at radius 3 is 3.22 bits per heavy atom. The quantitative estimate of drug-likeness (QED) is 0.882. The molecule has 2 heterocycles. The van der Waals surface area contributed by atoms with Crippen molar-refractivity contribution in [3.8, 4) is 0 Å². The zero-order chi connectivity index (χ0) is 12.5. The third-order valence-electron chi connectivity index (χ3n) is 3.44. The van der Waals surface area contributed by atoms with Crippen LogP contribution in [0.5, 0.6) is 0 Å². The van der Waals surface area contributed by atoms with E-state index in [1.54, 1.807) is 0 Å². The van der Waals surface area contributed by atoms with Crippen molar-refractivity contribution >= 4 is 23.2 Å². The van der Waals surface area contributed by atoms with E-state index in [2.05, 4.69) is 21.5 Å². The summed E-state index contributed by atoms with van der Waals surface area (Å²) >= 11 is 5.97. The fourth-order valence-electron chi connectivity index (χ4n) is 2.53. The van der Waals surface area contributed by atoms with Gasteiger partial charge in [-0.25, -0.2) is 5.43 Å². The van der Waals surface area contributed by atoms with E-state index in [0.717, 1.165) is 36.8 Å². The molecule has 0 radical (unpaired) electrons. The number of fused-ring (bicyclic) bond motifs is 1. The fourth-order valence-corrected chi connectivity index (χ4v) is 2.74. The molecule has 0 aliphatic carbocycles. The number of nitrogens with one attached hydrogen (secondary N) is 1. The lowest BCUT2D eigenvalue weighted by Gasteiger charge is -2.29. The van der Waals surface area contributed by atoms with Crippen LogP contribution in [0.15, 0.2) is 29.4 Å². The molecule has 0 bridgehead atoms. The smallest absolute Gasteiger partial charge is 0.249 e. The van der Waals surface area contributed by atoms with Gasteiger partial charge < -0.3 is 0 Å². The first-order valence-corrected chi connectivity index (χ1v) is 6.43. The highest BCUT2D eigenvalue weighted by molar-refractivity contribution is 6.30. The lowest BCUT2D eigenvalue weighted by atomic mass is 9.95. The number of hydrogen-bond acceptors (Lipinski definition) is 3. The molecular weight excluding hydrogens is 250 g/mol. The number of piperidine rings is 1. The number of rotatable bonds is 2. The third kappa shape index (κ3) is 2.26. The molecule has 0 saturated carbocycles. The lowest BCUT2D eigenvalue weighted by molar-refractivity contribution is -0.122. The summed E-state index contributed by atoms with van der Waals surface area (Å²) in [5, 5.41) is 4.86. The van der Waals surface area contributed by atoms with Crippen molar-refractivity contribution < 1.29 is 4.79 Å². The van der Waals surface area contributed by atoms with Gasteiger partial charge in [-0.3, -0.25) is 9.69 Å². The Labute approximate surface area is 111 Å². The first-order chi connectivity index (χ1) is 8.72. The third-order valence-corrected chi connectivity index (χ3v) is 3.68. The highest BCUT2D eigenvalue weighted by Gasteiger charge is 2.34. The summed E-state index contributed by atoms with van der Waals surface area (Å²) in [7, 11) is 0. The summed E-state index contributed by atoms with van der Waals surface area (Å²) in [5.41, 5.74) is 4.72. The number of halogens is 1. The van der Waals surface area contributed by atoms with Crippen molar-refractivity contribution in [3.63, 3.8) is 0 Å². The average Bonchev–Trinajstić information content (AvgIpc) is 2.71. The van der Waals surface area contributed by atoms with Gasteiger partial charge >= 0.3 is 0 Å². The first-order valence-electron chi connectivity index (χ1n) is 6.05. The maximum absolute atomic E-state index is 11.5. The number of nitrogens with zero attached hydrogens (tertiary/aromatic N) is 2. The first kappa shape index (κ1) is 11.7. The van der Waals surface area contributed by atoms with Gasteiger partial charge in [0, 0.05) is 24.7 Å². The summed E-state index contributed by atoms with van der Waals surface area (Å²) in [6.45, 7) is 2.53. The molecule has 18 heavy (non-hydrogen) atoms. The van der Waals surface area contributed by atoms with Crippen molar-refractivity contribution in [1.82, 2.24) is 10.3 Å². The van der Waals surface area contributed by atoms with Gasteiger partial charge in [0.15, 0.2) is 0 Å². The Bertz CT molecular complexity index is 515. The Morgan fingerprint density at radius 2 is 2.39 bits per heavy atom. The summed E-state index contributed by atoms with van der Waals surface area (Å²) in [5.74, 6) is 0.0491. The standard InChI is InChI=1S/C13H14ClN3O/c14-10-3-1-2-9(6-10)7-17-5-4-11-12(8-17)15-16-13(11)18/h1-3,6,11H,4-5,7-8H2,(H,16,18). The molecule has 1 amide bonds. The minimum atomic E-state index is 0.000566. The van der Waals surface area contributed by atoms with E-state index in [9.17, 15) is 4.79 Å². The maximum Gasteiger partial charge on any atom is 0.249 e. The number of likely N-dealkylation sites (tertiary alicyclic amines) is 1. The van der Waals surface area contributed by atoms with E-state index in [0.29, 0.717) is 0 Å². The molecule has 1 fully saturated rings. The predicted molar refractivity (Wildman–Crippen MR) is 70.4 cm³/mol. The second-order valence-corrected chi connectivity index (χ2v) is 5.20. The van der Waals surface area contributed by atoms with Crippen molar-refractivity contribution in [2.75, 3.05) is 13.1 Å². The number of carbonyl (C=O) groups excluding carboxylic acids is 1. The van der Waals surface area contributed by atoms with Gasteiger partial charge in [-0.1, -0.05) is 23.7 Å². The molecule has 94 valence electrons. The second kappa shape index (κ2) is 4.71. The van der Waals surface area contributed by atoms with Gasteiger partial charge in [0.1, 0.15) is 0 Å². The molecule has 1 saturated heterocycles. The average molecular weight is 264 g/mol.